The molecular formula is C102H93B3O6. The highest BCUT2D eigenvalue weighted by molar-refractivity contribution is 6.63. The minimum atomic E-state index is -0.355. The van der Waals surface area contributed by atoms with Gasteiger partial charge in [0.25, 0.3) is 0 Å². The van der Waals surface area contributed by atoms with Gasteiger partial charge < -0.3 is 27.9 Å². The van der Waals surface area contributed by atoms with Crippen LogP contribution in [-0.4, -0.2) is 55.0 Å². The Kier molecular flexibility index (Phi) is 20.1. The van der Waals surface area contributed by atoms with Crippen molar-refractivity contribution in [2.45, 2.75) is 117 Å². The number of fused-ring (bicyclic) bond motifs is 3. The van der Waals surface area contributed by atoms with E-state index in [4.69, 9.17) is 27.9 Å². The Balaban J connectivity index is 0.000000126. The van der Waals surface area contributed by atoms with Crippen molar-refractivity contribution in [3.63, 3.8) is 0 Å². The normalized spacial score (nSPS) is 16.3. The van der Waals surface area contributed by atoms with Crippen LogP contribution in [0.2, 0.25) is 0 Å². The highest BCUT2D eigenvalue weighted by atomic mass is 16.7. The second kappa shape index (κ2) is 30.0. The van der Waals surface area contributed by atoms with E-state index >= 15 is 0 Å². The Bertz CT molecular complexity index is 5830. The maximum Gasteiger partial charge on any atom is 0.494 e. The summed E-state index contributed by atoms with van der Waals surface area (Å²) < 4.78 is 37.6. The van der Waals surface area contributed by atoms with E-state index in [1.165, 1.54) is 132 Å². The molecule has 0 amide bonds. The molecule has 0 aromatic heterocycles. The van der Waals surface area contributed by atoms with Gasteiger partial charge in [0, 0.05) is 0 Å². The lowest BCUT2D eigenvalue weighted by Crippen LogP contribution is -2.41. The first-order valence-corrected chi connectivity index (χ1v) is 38.9. The molecular weight excluding hydrogens is 1350 g/mol. The Morgan fingerprint density at radius 2 is 0.342 bits per heavy atom. The lowest BCUT2D eigenvalue weighted by molar-refractivity contribution is 0.00578. The molecule has 15 aromatic rings. The van der Waals surface area contributed by atoms with Gasteiger partial charge in [-0.25, -0.2) is 0 Å². The van der Waals surface area contributed by atoms with E-state index in [9.17, 15) is 0 Å². The van der Waals surface area contributed by atoms with E-state index in [0.29, 0.717) is 0 Å². The SMILES string of the molecule is CC1(C)OB(c2ccc3cc(-c4ccc(-c5cccc(-c6ccccc6)c5)cc4)ccc3c2)OC1(C)C.CC1(C)OB(c2ccc3cc(-c4ccccc4-c4ccc(-c5ccccc5)cc4)ccc3c2)OC1(C)C.CC1(C)OB(c2ccc3cc(-c4ccccc4-c4cccc(-c5ccccc5)c4)ccc3c2)OC1(C)C. The molecule has 0 N–H and O–H groups in total. The summed E-state index contributed by atoms with van der Waals surface area (Å²) in [6, 6.07) is 124. The van der Waals surface area contributed by atoms with Gasteiger partial charge in [-0.05, 0) is 262 Å². The summed E-state index contributed by atoms with van der Waals surface area (Å²) in [6.07, 6.45) is 0. The summed E-state index contributed by atoms with van der Waals surface area (Å²) in [5, 5.41) is 7.15. The quantitative estimate of drug-likeness (QED) is 0.114. The first kappa shape index (κ1) is 74.1. The van der Waals surface area contributed by atoms with Crippen LogP contribution in [0.1, 0.15) is 83.1 Å². The molecule has 0 saturated carbocycles. The fourth-order valence-corrected chi connectivity index (χ4v) is 15.0. The van der Waals surface area contributed by atoms with Crippen molar-refractivity contribution in [1.82, 2.24) is 0 Å². The van der Waals surface area contributed by atoms with Gasteiger partial charge >= 0.3 is 21.4 Å². The smallest absolute Gasteiger partial charge is 0.399 e. The molecule has 6 nitrogen and oxygen atoms in total. The fraction of sp³-hybridized carbons (Fsp3) is 0.176. The van der Waals surface area contributed by atoms with E-state index in [1.54, 1.807) is 0 Å². The van der Waals surface area contributed by atoms with Crippen LogP contribution in [0.5, 0.6) is 0 Å². The third-order valence-corrected chi connectivity index (χ3v) is 23.8. The van der Waals surface area contributed by atoms with Crippen molar-refractivity contribution < 1.29 is 27.9 Å². The average molecular weight is 1450 g/mol. The van der Waals surface area contributed by atoms with Crippen molar-refractivity contribution in [3.05, 3.63) is 346 Å². The summed E-state index contributed by atoms with van der Waals surface area (Å²) in [7, 11) is -1.05. The van der Waals surface area contributed by atoms with Crippen LogP contribution in [-0.2, 0) is 27.9 Å². The minimum Gasteiger partial charge on any atom is -0.399 e. The molecule has 0 unspecified atom stereocenters. The maximum atomic E-state index is 6.28. The molecule has 18 rings (SSSR count). The Morgan fingerprint density at radius 3 is 0.676 bits per heavy atom. The molecule has 0 radical (unpaired) electrons. The van der Waals surface area contributed by atoms with Gasteiger partial charge in [0.2, 0.25) is 0 Å². The zero-order chi connectivity index (χ0) is 76.9. The Morgan fingerprint density at radius 1 is 0.153 bits per heavy atom. The topological polar surface area (TPSA) is 55.4 Å². The first-order chi connectivity index (χ1) is 53.4. The second-order valence-corrected chi connectivity index (χ2v) is 32.7. The molecule has 111 heavy (non-hydrogen) atoms. The highest BCUT2D eigenvalue weighted by Gasteiger charge is 2.54. The maximum absolute atomic E-state index is 6.28. The van der Waals surface area contributed by atoms with Gasteiger partial charge in [0.05, 0.1) is 33.6 Å². The molecule has 3 heterocycles. The molecule has 546 valence electrons. The summed E-state index contributed by atoms with van der Waals surface area (Å²) in [5.41, 5.74) is 23.1. The van der Waals surface area contributed by atoms with Gasteiger partial charge in [0.15, 0.2) is 0 Å². The van der Waals surface area contributed by atoms with Crippen molar-refractivity contribution in [1.29, 1.82) is 0 Å². The van der Waals surface area contributed by atoms with Crippen LogP contribution in [0.15, 0.2) is 346 Å². The summed E-state index contributed by atoms with van der Waals surface area (Å²) in [6.45, 7) is 25.1. The number of rotatable bonds is 12. The van der Waals surface area contributed by atoms with E-state index in [0.717, 1.165) is 16.4 Å². The summed E-state index contributed by atoms with van der Waals surface area (Å²) >= 11 is 0. The average Bonchev–Trinajstić information content (AvgIpc) is 1.70. The molecule has 0 aliphatic carbocycles. The van der Waals surface area contributed by atoms with Crippen LogP contribution >= 0.6 is 0 Å². The lowest BCUT2D eigenvalue weighted by atomic mass is 9.78. The minimum absolute atomic E-state index is 0.342. The van der Waals surface area contributed by atoms with Gasteiger partial charge in [0.1, 0.15) is 0 Å². The van der Waals surface area contributed by atoms with Crippen LogP contribution in [0.25, 0.3) is 132 Å². The predicted octanol–water partition coefficient (Wildman–Crippen LogP) is 24.4. The van der Waals surface area contributed by atoms with Gasteiger partial charge in [-0.15, -0.1) is 0 Å². The first-order valence-electron chi connectivity index (χ1n) is 38.9. The van der Waals surface area contributed by atoms with Gasteiger partial charge in [-0.1, -0.05) is 315 Å². The molecule has 9 heteroatoms. The molecule has 3 aliphatic heterocycles. The van der Waals surface area contributed by atoms with Crippen molar-refractivity contribution >= 4 is 70.1 Å². The van der Waals surface area contributed by atoms with Crippen molar-refractivity contribution in [2.75, 3.05) is 0 Å². The van der Waals surface area contributed by atoms with Gasteiger partial charge in [-0.3, -0.25) is 0 Å². The third-order valence-electron chi connectivity index (χ3n) is 23.8. The predicted molar refractivity (Wildman–Crippen MR) is 468 cm³/mol. The van der Waals surface area contributed by atoms with E-state index in [2.05, 4.69) is 429 Å². The van der Waals surface area contributed by atoms with Crippen LogP contribution < -0.4 is 16.4 Å². The van der Waals surface area contributed by atoms with E-state index < -0.39 is 0 Å². The van der Waals surface area contributed by atoms with E-state index in [-0.39, 0.29) is 55.0 Å². The number of benzene rings is 15. The molecule has 3 saturated heterocycles. The molecule has 0 spiro atoms. The Hall–Kier alpha value is -11.0. The highest BCUT2D eigenvalue weighted by Crippen LogP contribution is 2.43. The molecule has 0 bridgehead atoms. The second-order valence-electron chi connectivity index (χ2n) is 32.7. The molecule has 3 fully saturated rings. The molecule has 0 atom stereocenters. The monoisotopic (exact) mass is 1450 g/mol. The zero-order valence-corrected chi connectivity index (χ0v) is 65.6. The van der Waals surface area contributed by atoms with Crippen LogP contribution in [0.3, 0.4) is 0 Å². The fourth-order valence-electron chi connectivity index (χ4n) is 15.0. The lowest BCUT2D eigenvalue weighted by Gasteiger charge is -2.32. The standard InChI is InChI=1S/3C34H31BO2/c1-33(2)34(3,4)37-35(36-33)30-20-19-26-22-29(18-17-27(26)23-30)32-16-9-8-15-31(32)28-14-10-13-25(21-28)24-11-6-5-7-12-24;1-33(2)34(3,4)37-35(36-33)30-21-20-27-22-29(19-18-28(27)23-30)32-13-9-8-12-31(32)26-16-14-25(15-17-26)24-10-6-5-7-11-24;1-33(2)34(3,4)37-35(36-33)32-20-19-30-22-29(17-18-31(30)23-32)26-15-13-25(14-16-26)28-12-8-11-27(21-28)24-9-6-5-7-10-24/h3*5-23H,1-4H3. The van der Waals surface area contributed by atoms with E-state index in [1.807, 2.05) is 0 Å². The zero-order valence-electron chi connectivity index (χ0n) is 65.6. The van der Waals surface area contributed by atoms with Crippen molar-refractivity contribution in [3.8, 4) is 100 Å². The van der Waals surface area contributed by atoms with Crippen LogP contribution in [0.4, 0.5) is 0 Å². The molecule has 15 aromatic carbocycles. The Labute approximate surface area is 656 Å². The largest absolute Gasteiger partial charge is 0.494 e. The summed E-state index contributed by atoms with van der Waals surface area (Å²) in [5.74, 6) is 0. The molecule has 3 aliphatic rings. The number of hydrogen-bond donors (Lipinski definition) is 0. The van der Waals surface area contributed by atoms with Crippen molar-refractivity contribution in [2.24, 2.45) is 0 Å². The third kappa shape index (κ3) is 15.4. The number of hydrogen-bond acceptors (Lipinski definition) is 6. The summed E-state index contributed by atoms with van der Waals surface area (Å²) in [4.78, 5) is 0. The van der Waals surface area contributed by atoms with Gasteiger partial charge in [-0.2, -0.15) is 0 Å². The van der Waals surface area contributed by atoms with Crippen LogP contribution in [0, 0.1) is 0 Å².